The van der Waals surface area contributed by atoms with Gasteiger partial charge in [-0.1, -0.05) is 29.8 Å². The Morgan fingerprint density at radius 1 is 1.03 bits per heavy atom. The first-order chi connectivity index (χ1) is 17.2. The number of benzene rings is 3. The van der Waals surface area contributed by atoms with Gasteiger partial charge >= 0.3 is 12.2 Å². The van der Waals surface area contributed by atoms with E-state index in [-0.39, 0.29) is 11.6 Å². The number of nitrogens with one attached hydrogen (secondary N) is 1. The van der Waals surface area contributed by atoms with Crippen molar-refractivity contribution in [2.24, 2.45) is 0 Å². The molecule has 0 bridgehead atoms. The monoisotopic (exact) mass is 497 g/mol. The summed E-state index contributed by atoms with van der Waals surface area (Å²) in [5, 5.41) is 2.69. The van der Waals surface area contributed by atoms with Crippen molar-refractivity contribution in [2.75, 3.05) is 30.4 Å². The predicted octanol–water partition coefficient (Wildman–Crippen LogP) is 6.11. The summed E-state index contributed by atoms with van der Waals surface area (Å²) in [6.45, 7) is 3.58. The number of aryl methyl sites for hydroxylation is 1. The Hall–Kier alpha value is -4.01. The zero-order chi connectivity index (χ0) is 25.9. The number of nitrogens with zero attached hydrogens (tertiary/aromatic N) is 2. The molecule has 0 saturated carbocycles. The molecule has 0 radical (unpaired) electrons. The number of urea groups is 1. The van der Waals surface area contributed by atoms with Crippen molar-refractivity contribution < 1.29 is 27.5 Å². The van der Waals surface area contributed by atoms with Crippen LogP contribution in [0.3, 0.4) is 0 Å². The highest BCUT2D eigenvalue weighted by molar-refractivity contribution is 6.05. The maximum Gasteiger partial charge on any atom is 0.416 e. The summed E-state index contributed by atoms with van der Waals surface area (Å²) in [7, 11) is 1.50. The maximum absolute atomic E-state index is 13.4. The Kier molecular flexibility index (Phi) is 7.19. The second-order valence-corrected chi connectivity index (χ2v) is 8.61. The molecule has 0 atom stereocenters. The third-order valence-corrected chi connectivity index (χ3v) is 5.97. The van der Waals surface area contributed by atoms with E-state index in [2.05, 4.69) is 5.32 Å². The Balaban J connectivity index is 1.53. The third-order valence-electron chi connectivity index (χ3n) is 5.97. The van der Waals surface area contributed by atoms with Crippen molar-refractivity contribution in [2.45, 2.75) is 26.1 Å². The summed E-state index contributed by atoms with van der Waals surface area (Å²) in [6.07, 6.45) is -3.73. The minimum Gasteiger partial charge on any atom is -0.495 e. The molecule has 4 rings (SSSR count). The minimum atomic E-state index is -4.48. The highest BCUT2D eigenvalue weighted by Gasteiger charge is 2.31. The molecule has 3 amide bonds. The SMILES string of the molecule is COc1ccc(NC(=O)c2ccc(C(F)(F)F)cc2)cc1N1CCCN(Cc2cccc(C)c2)C1=O. The largest absolute Gasteiger partial charge is 0.495 e. The first-order valence-electron chi connectivity index (χ1n) is 11.4. The summed E-state index contributed by atoms with van der Waals surface area (Å²) in [5.41, 5.74) is 2.30. The van der Waals surface area contributed by atoms with Crippen molar-refractivity contribution in [3.05, 3.63) is 89.0 Å². The minimum absolute atomic E-state index is 0.0822. The lowest BCUT2D eigenvalue weighted by Crippen LogP contribution is -2.49. The van der Waals surface area contributed by atoms with Crippen LogP contribution in [0.2, 0.25) is 0 Å². The van der Waals surface area contributed by atoms with E-state index in [0.717, 1.165) is 41.8 Å². The van der Waals surface area contributed by atoms with E-state index in [1.54, 1.807) is 28.0 Å². The van der Waals surface area contributed by atoms with Crippen molar-refractivity contribution in [3.63, 3.8) is 0 Å². The number of carbonyl (C=O) groups is 2. The van der Waals surface area contributed by atoms with Crippen LogP contribution < -0.4 is 15.0 Å². The number of hydrogen-bond donors (Lipinski definition) is 1. The quantitative estimate of drug-likeness (QED) is 0.447. The van der Waals surface area contributed by atoms with Gasteiger partial charge in [-0.05, 0) is 61.4 Å². The molecule has 0 aliphatic carbocycles. The third kappa shape index (κ3) is 5.62. The molecule has 36 heavy (non-hydrogen) atoms. The fourth-order valence-corrected chi connectivity index (χ4v) is 4.18. The number of methoxy groups -OCH3 is 1. The maximum atomic E-state index is 13.4. The summed E-state index contributed by atoms with van der Waals surface area (Å²) in [5.74, 6) is -0.0980. The molecule has 6 nitrogen and oxygen atoms in total. The van der Waals surface area contributed by atoms with E-state index in [4.69, 9.17) is 4.74 Å². The van der Waals surface area contributed by atoms with Gasteiger partial charge in [0.1, 0.15) is 5.75 Å². The summed E-state index contributed by atoms with van der Waals surface area (Å²) < 4.78 is 43.9. The van der Waals surface area contributed by atoms with Crippen LogP contribution in [0.1, 0.15) is 33.5 Å². The van der Waals surface area contributed by atoms with Gasteiger partial charge in [-0.25, -0.2) is 4.79 Å². The lowest BCUT2D eigenvalue weighted by molar-refractivity contribution is -0.137. The van der Waals surface area contributed by atoms with Crippen LogP contribution in [0.5, 0.6) is 5.75 Å². The first kappa shape index (κ1) is 25.1. The Morgan fingerprint density at radius 2 is 1.78 bits per heavy atom. The van der Waals surface area contributed by atoms with E-state index >= 15 is 0 Å². The van der Waals surface area contributed by atoms with E-state index in [9.17, 15) is 22.8 Å². The Bertz CT molecular complexity index is 1260. The number of anilines is 2. The molecule has 1 heterocycles. The zero-order valence-electron chi connectivity index (χ0n) is 19.9. The van der Waals surface area contributed by atoms with E-state index in [0.29, 0.717) is 36.8 Å². The van der Waals surface area contributed by atoms with Gasteiger partial charge in [-0.3, -0.25) is 9.69 Å². The number of carbonyl (C=O) groups excluding carboxylic acids is 2. The number of alkyl halides is 3. The molecule has 0 unspecified atom stereocenters. The second-order valence-electron chi connectivity index (χ2n) is 8.61. The smallest absolute Gasteiger partial charge is 0.416 e. The lowest BCUT2D eigenvalue weighted by Gasteiger charge is -2.36. The molecule has 3 aromatic carbocycles. The molecular formula is C27H26F3N3O3. The highest BCUT2D eigenvalue weighted by Crippen LogP contribution is 2.34. The van der Waals surface area contributed by atoms with Crippen LogP contribution in [-0.2, 0) is 12.7 Å². The van der Waals surface area contributed by atoms with E-state index < -0.39 is 17.6 Å². The van der Waals surface area contributed by atoms with Gasteiger partial charge in [0.25, 0.3) is 5.91 Å². The number of amides is 3. The molecule has 0 spiro atoms. The summed E-state index contributed by atoms with van der Waals surface area (Å²) >= 11 is 0. The molecule has 1 saturated heterocycles. The van der Waals surface area contributed by atoms with Gasteiger partial charge in [-0.2, -0.15) is 13.2 Å². The van der Waals surface area contributed by atoms with Gasteiger partial charge in [0.2, 0.25) is 0 Å². The van der Waals surface area contributed by atoms with Crippen molar-refractivity contribution in [3.8, 4) is 5.75 Å². The van der Waals surface area contributed by atoms with Crippen LogP contribution in [0.4, 0.5) is 29.3 Å². The van der Waals surface area contributed by atoms with Crippen LogP contribution >= 0.6 is 0 Å². The Labute approximate surface area is 207 Å². The van der Waals surface area contributed by atoms with Gasteiger partial charge in [0, 0.05) is 30.9 Å². The Morgan fingerprint density at radius 3 is 2.44 bits per heavy atom. The molecular weight excluding hydrogens is 471 g/mol. The molecule has 1 aliphatic heterocycles. The first-order valence-corrected chi connectivity index (χ1v) is 11.4. The van der Waals surface area contributed by atoms with E-state index in [1.807, 2.05) is 31.2 Å². The number of ether oxygens (including phenoxy) is 1. The molecule has 1 N–H and O–H groups in total. The van der Waals surface area contributed by atoms with Gasteiger partial charge < -0.3 is 15.0 Å². The van der Waals surface area contributed by atoms with Gasteiger partial charge in [0.05, 0.1) is 18.4 Å². The number of hydrogen-bond acceptors (Lipinski definition) is 3. The standard InChI is InChI=1S/C27H26F3N3O3/c1-18-5-3-6-19(15-18)17-32-13-4-14-33(26(32)35)23-16-22(11-12-24(23)36-2)31-25(34)20-7-9-21(10-8-20)27(28,29)30/h3,5-12,15-16H,4,13-14,17H2,1-2H3,(H,31,34). The lowest BCUT2D eigenvalue weighted by atomic mass is 10.1. The molecule has 1 fully saturated rings. The van der Waals surface area contributed by atoms with Crippen LogP contribution in [0, 0.1) is 6.92 Å². The predicted molar refractivity (Wildman–Crippen MR) is 131 cm³/mol. The normalized spacial score (nSPS) is 14.1. The average Bonchev–Trinajstić information content (AvgIpc) is 2.85. The average molecular weight is 498 g/mol. The van der Waals surface area contributed by atoms with Crippen LogP contribution in [0.15, 0.2) is 66.7 Å². The molecule has 0 aromatic heterocycles. The molecule has 188 valence electrons. The van der Waals surface area contributed by atoms with Crippen LogP contribution in [-0.4, -0.2) is 37.0 Å². The summed E-state index contributed by atoms with van der Waals surface area (Å²) in [4.78, 5) is 29.4. The van der Waals surface area contributed by atoms with Gasteiger partial charge in [-0.15, -0.1) is 0 Å². The fourth-order valence-electron chi connectivity index (χ4n) is 4.18. The second kappa shape index (κ2) is 10.3. The fraction of sp³-hybridized carbons (Fsp3) is 0.259. The number of halogens is 3. The van der Waals surface area contributed by atoms with Crippen LogP contribution in [0.25, 0.3) is 0 Å². The zero-order valence-corrected chi connectivity index (χ0v) is 19.9. The van der Waals surface area contributed by atoms with Crippen molar-refractivity contribution in [1.29, 1.82) is 0 Å². The van der Waals surface area contributed by atoms with E-state index in [1.165, 1.54) is 7.11 Å². The summed E-state index contributed by atoms with van der Waals surface area (Å²) in [6, 6.07) is 16.7. The van der Waals surface area contributed by atoms with Gasteiger partial charge in [0.15, 0.2) is 0 Å². The molecule has 1 aliphatic rings. The topological polar surface area (TPSA) is 61.9 Å². The molecule has 9 heteroatoms. The van der Waals surface area contributed by atoms with Crippen molar-refractivity contribution in [1.82, 2.24) is 4.90 Å². The number of rotatable bonds is 6. The van der Waals surface area contributed by atoms with Crippen molar-refractivity contribution >= 4 is 23.3 Å². The highest BCUT2D eigenvalue weighted by atomic mass is 19.4. The molecule has 3 aromatic rings.